The van der Waals surface area contributed by atoms with E-state index in [1.54, 1.807) is 26.1 Å². The zero-order valence-corrected chi connectivity index (χ0v) is 14.2. The molecule has 3 heterocycles. The summed E-state index contributed by atoms with van der Waals surface area (Å²) in [6.45, 7) is 3.88. The van der Waals surface area contributed by atoms with Gasteiger partial charge in [-0.3, -0.25) is 9.78 Å². The molecule has 2 N–H and O–H groups in total. The average molecular weight is 340 g/mol. The van der Waals surface area contributed by atoms with Gasteiger partial charge < -0.3 is 14.9 Å². The van der Waals surface area contributed by atoms with Crippen LogP contribution in [-0.4, -0.2) is 39.3 Å². The molecule has 0 radical (unpaired) electrons. The van der Waals surface area contributed by atoms with Crippen LogP contribution in [0.4, 0.5) is 0 Å². The first-order valence-electron chi connectivity index (χ1n) is 8.11. The second-order valence-electron chi connectivity index (χ2n) is 6.04. The number of amides is 1. The third-order valence-corrected chi connectivity index (χ3v) is 4.02. The minimum atomic E-state index is -0.235. The number of aliphatic hydroxyl groups excluding tert-OH is 1. The molecule has 0 spiro atoms. The van der Waals surface area contributed by atoms with Crippen molar-refractivity contribution in [2.24, 2.45) is 5.92 Å². The summed E-state index contributed by atoms with van der Waals surface area (Å²) in [5.41, 5.74) is 3.03. The number of aliphatic hydroxyl groups is 1. The van der Waals surface area contributed by atoms with Crippen LogP contribution in [-0.2, 0) is 6.42 Å². The highest BCUT2D eigenvalue weighted by atomic mass is 16.5. The molecular weight excluding hydrogens is 320 g/mol. The molecular formula is C18H20N4O3. The molecule has 1 atom stereocenters. The van der Waals surface area contributed by atoms with Crippen molar-refractivity contribution in [3.8, 4) is 0 Å². The number of aryl methyl sites for hydroxylation is 2. The first-order valence-corrected chi connectivity index (χ1v) is 8.11. The molecule has 0 saturated carbocycles. The van der Waals surface area contributed by atoms with E-state index in [2.05, 4.69) is 20.4 Å². The van der Waals surface area contributed by atoms with Crippen LogP contribution in [0.25, 0.3) is 11.1 Å². The van der Waals surface area contributed by atoms with Gasteiger partial charge >= 0.3 is 0 Å². The molecule has 7 heteroatoms. The second-order valence-corrected chi connectivity index (χ2v) is 6.04. The van der Waals surface area contributed by atoms with E-state index in [-0.39, 0.29) is 18.4 Å². The summed E-state index contributed by atoms with van der Waals surface area (Å²) in [5.74, 6) is -0.345. The van der Waals surface area contributed by atoms with Gasteiger partial charge in [-0.2, -0.15) is 0 Å². The summed E-state index contributed by atoms with van der Waals surface area (Å²) in [5, 5.41) is 17.0. The number of rotatable bonds is 6. The summed E-state index contributed by atoms with van der Waals surface area (Å²) in [6, 6.07) is 7.37. The number of nitrogens with one attached hydrogen (secondary N) is 1. The molecule has 1 unspecified atom stereocenters. The van der Waals surface area contributed by atoms with E-state index in [9.17, 15) is 9.90 Å². The summed E-state index contributed by atoms with van der Waals surface area (Å²) < 4.78 is 5.16. The molecule has 1 amide bonds. The smallest absolute Gasteiger partial charge is 0.258 e. The van der Waals surface area contributed by atoms with Crippen molar-refractivity contribution in [1.82, 2.24) is 20.4 Å². The molecule has 7 nitrogen and oxygen atoms in total. The Balaban J connectivity index is 1.73. The Kier molecular flexibility index (Phi) is 5.04. The maximum Gasteiger partial charge on any atom is 0.258 e. The van der Waals surface area contributed by atoms with E-state index in [1.165, 1.54) is 0 Å². The Hall–Kier alpha value is -2.80. The zero-order valence-electron chi connectivity index (χ0n) is 14.2. The molecule has 0 fully saturated rings. The van der Waals surface area contributed by atoms with E-state index in [1.807, 2.05) is 18.2 Å². The number of pyridine rings is 2. The zero-order chi connectivity index (χ0) is 17.8. The van der Waals surface area contributed by atoms with E-state index in [4.69, 9.17) is 4.52 Å². The molecule has 3 rings (SSSR count). The van der Waals surface area contributed by atoms with Gasteiger partial charge in [-0.1, -0.05) is 11.2 Å². The SMILES string of the molecule is Cc1cc(C(=O)NCC(CO)Cc2ccccn2)c2c(C)noc2n1. The quantitative estimate of drug-likeness (QED) is 0.710. The maximum absolute atomic E-state index is 12.6. The van der Waals surface area contributed by atoms with Crippen molar-refractivity contribution < 1.29 is 14.4 Å². The van der Waals surface area contributed by atoms with Crippen LogP contribution in [0.15, 0.2) is 35.0 Å². The standard InChI is InChI=1S/C18H20N4O3/c1-11-7-15(16-12(2)22-25-18(16)21-11)17(24)20-9-13(10-23)8-14-5-3-4-6-19-14/h3-7,13,23H,8-10H2,1-2H3,(H,20,24). The maximum atomic E-state index is 12.6. The fourth-order valence-corrected chi connectivity index (χ4v) is 2.74. The van der Waals surface area contributed by atoms with Gasteiger partial charge in [-0.25, -0.2) is 4.98 Å². The number of carbonyl (C=O) groups excluding carboxylic acids is 1. The number of hydrogen-bond acceptors (Lipinski definition) is 6. The molecule has 0 aromatic carbocycles. The Labute approximate surface area is 145 Å². The monoisotopic (exact) mass is 340 g/mol. The summed E-state index contributed by atoms with van der Waals surface area (Å²) in [7, 11) is 0. The van der Waals surface area contributed by atoms with Crippen LogP contribution < -0.4 is 5.32 Å². The number of nitrogens with zero attached hydrogens (tertiary/aromatic N) is 3. The highest BCUT2D eigenvalue weighted by molar-refractivity contribution is 6.06. The lowest BCUT2D eigenvalue weighted by molar-refractivity contribution is 0.0941. The van der Waals surface area contributed by atoms with Crippen molar-refractivity contribution in [2.45, 2.75) is 20.3 Å². The fourth-order valence-electron chi connectivity index (χ4n) is 2.74. The number of aromatic nitrogens is 3. The van der Waals surface area contributed by atoms with Gasteiger partial charge in [0.2, 0.25) is 0 Å². The summed E-state index contributed by atoms with van der Waals surface area (Å²) >= 11 is 0. The molecule has 130 valence electrons. The van der Waals surface area contributed by atoms with E-state index in [0.29, 0.717) is 41.0 Å². The number of carbonyl (C=O) groups is 1. The van der Waals surface area contributed by atoms with Gasteiger partial charge in [0, 0.05) is 36.7 Å². The van der Waals surface area contributed by atoms with Crippen LogP contribution in [0, 0.1) is 19.8 Å². The number of hydrogen-bond donors (Lipinski definition) is 2. The third kappa shape index (κ3) is 3.83. The predicted molar refractivity (Wildman–Crippen MR) is 92.1 cm³/mol. The van der Waals surface area contributed by atoms with Crippen molar-refractivity contribution in [1.29, 1.82) is 0 Å². The Morgan fingerprint density at radius 3 is 2.92 bits per heavy atom. The van der Waals surface area contributed by atoms with Gasteiger partial charge in [0.1, 0.15) is 0 Å². The molecule has 0 saturated heterocycles. The lowest BCUT2D eigenvalue weighted by atomic mass is 10.0. The Morgan fingerprint density at radius 2 is 2.20 bits per heavy atom. The Bertz CT molecular complexity index is 877. The number of fused-ring (bicyclic) bond motifs is 1. The molecule has 3 aromatic heterocycles. The molecule has 0 aliphatic heterocycles. The third-order valence-electron chi connectivity index (χ3n) is 4.02. The normalized spacial score (nSPS) is 12.3. The van der Waals surface area contributed by atoms with E-state index in [0.717, 1.165) is 5.69 Å². The van der Waals surface area contributed by atoms with Gasteiger partial charge in [0.25, 0.3) is 11.6 Å². The van der Waals surface area contributed by atoms with Crippen LogP contribution in [0.5, 0.6) is 0 Å². The predicted octanol–water partition coefficient (Wildman–Crippen LogP) is 1.82. The minimum absolute atomic E-state index is 0.0338. The topological polar surface area (TPSA) is 101 Å². The largest absolute Gasteiger partial charge is 0.396 e. The van der Waals surface area contributed by atoms with Crippen LogP contribution in [0.1, 0.15) is 27.4 Å². The van der Waals surface area contributed by atoms with Crippen molar-refractivity contribution in [2.75, 3.05) is 13.2 Å². The van der Waals surface area contributed by atoms with E-state index >= 15 is 0 Å². The molecule has 0 aliphatic rings. The highest BCUT2D eigenvalue weighted by Gasteiger charge is 2.19. The van der Waals surface area contributed by atoms with Gasteiger partial charge in [0.05, 0.1) is 16.6 Å². The first-order chi connectivity index (χ1) is 12.1. The summed E-state index contributed by atoms with van der Waals surface area (Å²) in [4.78, 5) is 21.1. The van der Waals surface area contributed by atoms with Crippen LogP contribution in [0.2, 0.25) is 0 Å². The lowest BCUT2D eigenvalue weighted by Gasteiger charge is -2.15. The van der Waals surface area contributed by atoms with Gasteiger partial charge in [-0.05, 0) is 38.5 Å². The van der Waals surface area contributed by atoms with Crippen LogP contribution >= 0.6 is 0 Å². The lowest BCUT2D eigenvalue weighted by Crippen LogP contribution is -2.32. The first kappa shape index (κ1) is 17.0. The minimum Gasteiger partial charge on any atom is -0.396 e. The van der Waals surface area contributed by atoms with Crippen LogP contribution in [0.3, 0.4) is 0 Å². The van der Waals surface area contributed by atoms with E-state index < -0.39 is 0 Å². The van der Waals surface area contributed by atoms with Gasteiger partial charge in [-0.15, -0.1) is 0 Å². The van der Waals surface area contributed by atoms with Crippen molar-refractivity contribution in [3.05, 3.63) is 53.1 Å². The molecule has 3 aromatic rings. The molecule has 0 aliphatic carbocycles. The average Bonchev–Trinajstić information content (AvgIpc) is 2.99. The molecule has 25 heavy (non-hydrogen) atoms. The fraction of sp³-hybridized carbons (Fsp3) is 0.333. The van der Waals surface area contributed by atoms with Crippen molar-refractivity contribution >= 4 is 17.0 Å². The highest BCUT2D eigenvalue weighted by Crippen LogP contribution is 2.21. The van der Waals surface area contributed by atoms with Gasteiger partial charge in [0.15, 0.2) is 0 Å². The summed E-state index contributed by atoms with van der Waals surface area (Å²) in [6.07, 6.45) is 2.31. The Morgan fingerprint density at radius 1 is 1.36 bits per heavy atom. The molecule has 0 bridgehead atoms. The second kappa shape index (κ2) is 7.40. The van der Waals surface area contributed by atoms with Crippen molar-refractivity contribution in [3.63, 3.8) is 0 Å².